The fraction of sp³-hybridized carbons (Fsp3) is 0.133. The minimum absolute atomic E-state index is 0.122. The van der Waals surface area contributed by atoms with E-state index in [2.05, 4.69) is 15.9 Å². The van der Waals surface area contributed by atoms with Gasteiger partial charge in [0.15, 0.2) is 0 Å². The van der Waals surface area contributed by atoms with Gasteiger partial charge < -0.3 is 10.6 Å². The fourth-order valence-corrected chi connectivity index (χ4v) is 2.73. The van der Waals surface area contributed by atoms with Crippen LogP contribution in [0.4, 0.5) is 10.1 Å². The zero-order valence-corrected chi connectivity index (χ0v) is 13.6. The van der Waals surface area contributed by atoms with Crippen LogP contribution in [0.15, 0.2) is 40.9 Å². The van der Waals surface area contributed by atoms with Crippen LogP contribution in [-0.2, 0) is 6.54 Å². The second kappa shape index (κ2) is 6.45. The molecule has 0 saturated heterocycles. The van der Waals surface area contributed by atoms with E-state index in [-0.39, 0.29) is 5.56 Å². The summed E-state index contributed by atoms with van der Waals surface area (Å²) in [5.74, 6) is -1.45. The van der Waals surface area contributed by atoms with Gasteiger partial charge in [-0.3, -0.25) is 4.79 Å². The minimum Gasteiger partial charge on any atom is -0.370 e. The molecule has 3 nitrogen and oxygen atoms in total. The van der Waals surface area contributed by atoms with E-state index in [0.717, 1.165) is 5.56 Å². The molecule has 6 heteroatoms. The number of hydrogen-bond donors (Lipinski definition) is 1. The molecule has 0 aromatic heterocycles. The summed E-state index contributed by atoms with van der Waals surface area (Å²) in [6.07, 6.45) is 0. The Morgan fingerprint density at radius 3 is 2.71 bits per heavy atom. The molecule has 2 N–H and O–H groups in total. The van der Waals surface area contributed by atoms with Crippen LogP contribution in [0.25, 0.3) is 0 Å². The first-order valence-corrected chi connectivity index (χ1v) is 7.30. The quantitative estimate of drug-likeness (QED) is 0.884. The van der Waals surface area contributed by atoms with Crippen molar-refractivity contribution in [1.29, 1.82) is 0 Å². The van der Waals surface area contributed by atoms with Crippen molar-refractivity contribution < 1.29 is 9.18 Å². The van der Waals surface area contributed by atoms with Gasteiger partial charge in [0, 0.05) is 23.1 Å². The highest BCUT2D eigenvalue weighted by Gasteiger charge is 2.18. The Hall–Kier alpha value is -1.59. The second-order valence-corrected chi connectivity index (χ2v) is 5.98. The molecule has 21 heavy (non-hydrogen) atoms. The van der Waals surface area contributed by atoms with Crippen molar-refractivity contribution in [1.82, 2.24) is 0 Å². The van der Waals surface area contributed by atoms with Crippen LogP contribution in [0, 0.1) is 5.82 Å². The summed E-state index contributed by atoms with van der Waals surface area (Å²) in [5, 5.41) is 0.622. The molecule has 2 aromatic carbocycles. The summed E-state index contributed by atoms with van der Waals surface area (Å²) in [5.41, 5.74) is 6.53. The van der Waals surface area contributed by atoms with E-state index in [4.69, 9.17) is 17.3 Å². The summed E-state index contributed by atoms with van der Waals surface area (Å²) in [6, 6.07) is 10.2. The van der Waals surface area contributed by atoms with Crippen molar-refractivity contribution in [2.45, 2.75) is 6.54 Å². The predicted molar refractivity (Wildman–Crippen MR) is 86.2 cm³/mol. The molecule has 2 aromatic rings. The molecule has 1 amide bonds. The maximum absolute atomic E-state index is 13.9. The number of halogens is 3. The molecule has 0 heterocycles. The first-order chi connectivity index (χ1) is 9.88. The SMILES string of the molecule is CN(Cc1cccc(Cl)c1)c1cc(Br)cc(F)c1C(N)=O. The molecule has 0 atom stereocenters. The molecule has 2 rings (SSSR count). The minimum atomic E-state index is -0.798. The largest absolute Gasteiger partial charge is 0.370 e. The van der Waals surface area contributed by atoms with Crippen LogP contribution in [0.5, 0.6) is 0 Å². The average molecular weight is 372 g/mol. The molecule has 0 radical (unpaired) electrons. The number of hydrogen-bond acceptors (Lipinski definition) is 2. The standard InChI is InChI=1S/C15H13BrClFN2O/c1-20(8-9-3-2-4-11(17)5-9)13-7-10(16)6-12(18)14(13)15(19)21/h2-7H,8H2,1H3,(H2,19,21). The Labute approximate surface area is 135 Å². The molecule has 0 saturated carbocycles. The van der Waals surface area contributed by atoms with Crippen molar-refractivity contribution in [2.24, 2.45) is 5.73 Å². The van der Waals surface area contributed by atoms with Gasteiger partial charge in [-0.05, 0) is 29.8 Å². The lowest BCUT2D eigenvalue weighted by Crippen LogP contribution is -2.23. The van der Waals surface area contributed by atoms with E-state index in [0.29, 0.717) is 21.7 Å². The van der Waals surface area contributed by atoms with Crippen molar-refractivity contribution >= 4 is 39.1 Å². The number of carbonyl (C=O) groups is 1. The highest BCUT2D eigenvalue weighted by molar-refractivity contribution is 9.10. The van der Waals surface area contributed by atoms with Crippen molar-refractivity contribution in [2.75, 3.05) is 11.9 Å². The molecule has 0 aliphatic rings. The van der Waals surface area contributed by atoms with Gasteiger partial charge in [-0.1, -0.05) is 39.7 Å². The van der Waals surface area contributed by atoms with Crippen LogP contribution in [0.1, 0.15) is 15.9 Å². The summed E-state index contributed by atoms with van der Waals surface area (Å²) < 4.78 is 14.5. The Kier molecular flexibility index (Phi) is 4.85. The molecule has 0 unspecified atom stereocenters. The van der Waals surface area contributed by atoms with Gasteiger partial charge >= 0.3 is 0 Å². The lowest BCUT2D eigenvalue weighted by atomic mass is 10.1. The molecule has 0 aliphatic carbocycles. The maximum Gasteiger partial charge on any atom is 0.253 e. The maximum atomic E-state index is 13.9. The average Bonchev–Trinajstić information content (AvgIpc) is 2.37. The lowest BCUT2D eigenvalue weighted by molar-refractivity contribution is 0.0997. The predicted octanol–water partition coefficient (Wildman–Crippen LogP) is 3.98. The topological polar surface area (TPSA) is 46.3 Å². The third-order valence-electron chi connectivity index (χ3n) is 3.00. The van der Waals surface area contributed by atoms with Crippen LogP contribution in [0.2, 0.25) is 5.02 Å². The van der Waals surface area contributed by atoms with Crippen molar-refractivity contribution in [3.63, 3.8) is 0 Å². The highest BCUT2D eigenvalue weighted by atomic mass is 79.9. The van der Waals surface area contributed by atoms with Gasteiger partial charge in [-0.2, -0.15) is 0 Å². The molecule has 0 bridgehead atoms. The van der Waals surface area contributed by atoms with Gasteiger partial charge in [-0.15, -0.1) is 0 Å². The molecular weight excluding hydrogens is 359 g/mol. The highest BCUT2D eigenvalue weighted by Crippen LogP contribution is 2.28. The van der Waals surface area contributed by atoms with E-state index in [9.17, 15) is 9.18 Å². The summed E-state index contributed by atoms with van der Waals surface area (Å²) in [7, 11) is 1.76. The van der Waals surface area contributed by atoms with E-state index in [1.807, 2.05) is 18.2 Å². The number of nitrogens with zero attached hydrogens (tertiary/aromatic N) is 1. The molecular formula is C15H13BrClFN2O. The van der Waals surface area contributed by atoms with Gasteiger partial charge in [0.1, 0.15) is 5.82 Å². The molecule has 0 fully saturated rings. The van der Waals surface area contributed by atoms with Crippen molar-refractivity contribution in [3.8, 4) is 0 Å². The molecule has 0 aliphatic heterocycles. The first kappa shape index (κ1) is 15.8. The van der Waals surface area contributed by atoms with E-state index in [1.54, 1.807) is 24.1 Å². The zero-order chi connectivity index (χ0) is 15.6. The monoisotopic (exact) mass is 370 g/mol. The summed E-state index contributed by atoms with van der Waals surface area (Å²) in [4.78, 5) is 13.2. The Bertz CT molecular complexity index is 693. The number of benzene rings is 2. The van der Waals surface area contributed by atoms with Gasteiger partial charge in [0.25, 0.3) is 5.91 Å². The third kappa shape index (κ3) is 3.74. The van der Waals surface area contributed by atoms with Crippen LogP contribution < -0.4 is 10.6 Å². The number of amides is 1. The summed E-state index contributed by atoms with van der Waals surface area (Å²) >= 11 is 9.17. The van der Waals surface area contributed by atoms with Gasteiger partial charge in [-0.25, -0.2) is 4.39 Å². The number of nitrogens with two attached hydrogens (primary N) is 1. The van der Waals surface area contributed by atoms with Gasteiger partial charge in [0.2, 0.25) is 0 Å². The van der Waals surface area contributed by atoms with Crippen molar-refractivity contribution in [3.05, 3.63) is 62.8 Å². The third-order valence-corrected chi connectivity index (χ3v) is 3.69. The fourth-order valence-electron chi connectivity index (χ4n) is 2.10. The summed E-state index contributed by atoms with van der Waals surface area (Å²) in [6.45, 7) is 0.469. The Morgan fingerprint density at radius 1 is 1.38 bits per heavy atom. The van der Waals surface area contributed by atoms with E-state index < -0.39 is 11.7 Å². The Morgan fingerprint density at radius 2 is 2.10 bits per heavy atom. The number of rotatable bonds is 4. The van der Waals surface area contributed by atoms with E-state index in [1.165, 1.54) is 6.07 Å². The number of primary amides is 1. The van der Waals surface area contributed by atoms with Crippen LogP contribution >= 0.6 is 27.5 Å². The first-order valence-electron chi connectivity index (χ1n) is 6.13. The van der Waals surface area contributed by atoms with Crippen LogP contribution in [0.3, 0.4) is 0 Å². The lowest BCUT2D eigenvalue weighted by Gasteiger charge is -2.22. The second-order valence-electron chi connectivity index (χ2n) is 4.63. The molecule has 110 valence electrons. The number of carbonyl (C=O) groups excluding carboxylic acids is 1. The Balaban J connectivity index is 2.39. The smallest absolute Gasteiger partial charge is 0.253 e. The van der Waals surface area contributed by atoms with E-state index >= 15 is 0 Å². The number of anilines is 1. The zero-order valence-electron chi connectivity index (χ0n) is 11.2. The van der Waals surface area contributed by atoms with Crippen LogP contribution in [-0.4, -0.2) is 13.0 Å². The normalized spacial score (nSPS) is 10.5. The van der Waals surface area contributed by atoms with Gasteiger partial charge in [0.05, 0.1) is 11.3 Å². The molecule has 0 spiro atoms.